The van der Waals surface area contributed by atoms with Crippen molar-refractivity contribution in [2.45, 2.75) is 18.9 Å². The van der Waals surface area contributed by atoms with E-state index in [9.17, 15) is 4.79 Å². The minimum Gasteiger partial charge on any atom is -0.481 e. The molecule has 0 saturated carbocycles. The number of hydrogen-bond donors (Lipinski definition) is 1. The second-order valence-corrected chi connectivity index (χ2v) is 8.02. The fourth-order valence-corrected chi connectivity index (χ4v) is 3.76. The summed E-state index contributed by atoms with van der Waals surface area (Å²) in [5, 5.41) is 8.62. The molecule has 6 nitrogen and oxygen atoms in total. The van der Waals surface area contributed by atoms with Crippen molar-refractivity contribution in [3.63, 3.8) is 0 Å². The van der Waals surface area contributed by atoms with Gasteiger partial charge in [0.2, 0.25) is 0 Å². The molecule has 0 aromatic heterocycles. The van der Waals surface area contributed by atoms with Crippen molar-refractivity contribution >= 4 is 14.8 Å². The lowest BCUT2D eigenvalue weighted by molar-refractivity contribution is -0.888. The molecule has 0 aromatic carbocycles. The minimum atomic E-state index is -2.52. The summed E-state index contributed by atoms with van der Waals surface area (Å²) in [6, 6.07) is 0.719. The van der Waals surface area contributed by atoms with Gasteiger partial charge in [0, 0.05) is 27.8 Å². The third kappa shape index (κ3) is 6.46. The number of hydrogen-bond acceptors (Lipinski definition) is 4. The van der Waals surface area contributed by atoms with Gasteiger partial charge in [-0.15, -0.1) is 0 Å². The lowest BCUT2D eigenvalue weighted by atomic mass is 10.3. The Balaban J connectivity index is 4.19. The van der Waals surface area contributed by atoms with Crippen LogP contribution in [0.5, 0.6) is 0 Å². The summed E-state index contributed by atoms with van der Waals surface area (Å²) >= 11 is 0. The molecule has 0 aromatic rings. The van der Waals surface area contributed by atoms with E-state index in [0.29, 0.717) is 6.42 Å². The molecule has 0 atom stereocenters. The van der Waals surface area contributed by atoms with Gasteiger partial charge in [0.25, 0.3) is 0 Å². The summed E-state index contributed by atoms with van der Waals surface area (Å²) in [5.41, 5.74) is 0. The normalized spacial score (nSPS) is 12.7. The van der Waals surface area contributed by atoms with Crippen LogP contribution in [0.15, 0.2) is 0 Å². The largest absolute Gasteiger partial charge is 0.505 e. The molecule has 0 unspecified atom stereocenters. The molecular formula is C11H26NO5Si+. The maximum atomic E-state index is 10.5. The van der Waals surface area contributed by atoms with E-state index >= 15 is 0 Å². The van der Waals surface area contributed by atoms with Gasteiger partial charge in [0.15, 0.2) is 0 Å². The van der Waals surface area contributed by atoms with Gasteiger partial charge in [-0.2, -0.15) is 0 Å². The van der Waals surface area contributed by atoms with E-state index < -0.39 is 14.8 Å². The van der Waals surface area contributed by atoms with Gasteiger partial charge in [0.05, 0.1) is 39.6 Å². The summed E-state index contributed by atoms with van der Waals surface area (Å²) in [6.45, 7) is 1.65. The Kier molecular flexibility index (Phi) is 7.65. The van der Waals surface area contributed by atoms with Gasteiger partial charge in [-0.25, -0.2) is 0 Å². The molecule has 0 aliphatic rings. The van der Waals surface area contributed by atoms with Crippen LogP contribution >= 0.6 is 0 Å². The van der Waals surface area contributed by atoms with Crippen molar-refractivity contribution in [3.05, 3.63) is 0 Å². The van der Waals surface area contributed by atoms with Gasteiger partial charge in [0.1, 0.15) is 0 Å². The molecule has 0 aliphatic heterocycles. The summed E-state index contributed by atoms with van der Waals surface area (Å²) < 4.78 is 16.8. The Morgan fingerprint density at radius 1 is 1.11 bits per heavy atom. The first kappa shape index (κ1) is 17.5. The SMILES string of the molecule is CO[Si](CC[N+](C)(C)CCCC(=O)O)(OC)OC. The molecule has 0 saturated heterocycles. The zero-order chi connectivity index (χ0) is 14.2. The number of quaternary nitrogens is 1. The van der Waals surface area contributed by atoms with Crippen LogP contribution in [0.2, 0.25) is 6.04 Å². The van der Waals surface area contributed by atoms with Crippen LogP contribution in [0, 0.1) is 0 Å². The molecule has 7 heteroatoms. The van der Waals surface area contributed by atoms with Crippen molar-refractivity contribution in [1.29, 1.82) is 0 Å². The van der Waals surface area contributed by atoms with Gasteiger partial charge in [-0.3, -0.25) is 4.79 Å². The molecule has 0 bridgehead atoms. The fourth-order valence-electron chi connectivity index (χ4n) is 1.77. The molecule has 0 rings (SSSR count). The van der Waals surface area contributed by atoms with E-state index in [2.05, 4.69) is 14.1 Å². The summed E-state index contributed by atoms with van der Waals surface area (Å²) in [6.07, 6.45) is 0.882. The topological polar surface area (TPSA) is 65.0 Å². The Morgan fingerprint density at radius 3 is 2.00 bits per heavy atom. The second kappa shape index (κ2) is 7.85. The Labute approximate surface area is 110 Å². The van der Waals surface area contributed by atoms with E-state index in [-0.39, 0.29) is 6.42 Å². The number of carboxylic acids is 1. The molecule has 18 heavy (non-hydrogen) atoms. The summed E-state index contributed by atoms with van der Waals surface area (Å²) in [4.78, 5) is 10.5. The van der Waals surface area contributed by atoms with E-state index in [1.807, 2.05) is 0 Å². The van der Waals surface area contributed by atoms with E-state index in [1.165, 1.54) is 0 Å². The van der Waals surface area contributed by atoms with Crippen LogP contribution < -0.4 is 0 Å². The first-order valence-electron chi connectivity index (χ1n) is 6.00. The van der Waals surface area contributed by atoms with Crippen LogP contribution in [0.1, 0.15) is 12.8 Å². The van der Waals surface area contributed by atoms with Gasteiger partial charge < -0.3 is 22.9 Å². The van der Waals surface area contributed by atoms with E-state index in [4.69, 9.17) is 18.4 Å². The van der Waals surface area contributed by atoms with Crippen molar-refractivity contribution < 1.29 is 27.7 Å². The highest BCUT2D eigenvalue weighted by Crippen LogP contribution is 2.15. The van der Waals surface area contributed by atoms with Crippen LogP contribution in [0.25, 0.3) is 0 Å². The van der Waals surface area contributed by atoms with Crippen molar-refractivity contribution in [2.75, 3.05) is 48.5 Å². The number of carbonyl (C=O) groups is 1. The maximum absolute atomic E-state index is 10.5. The smallest absolute Gasteiger partial charge is 0.481 e. The highest BCUT2D eigenvalue weighted by Gasteiger charge is 2.39. The lowest BCUT2D eigenvalue weighted by Gasteiger charge is -2.33. The first-order valence-corrected chi connectivity index (χ1v) is 7.93. The number of rotatable bonds is 10. The van der Waals surface area contributed by atoms with Crippen molar-refractivity contribution in [2.24, 2.45) is 0 Å². The molecule has 0 aliphatic carbocycles. The zero-order valence-electron chi connectivity index (χ0n) is 12.1. The van der Waals surface area contributed by atoms with Crippen LogP contribution in [-0.2, 0) is 18.1 Å². The predicted molar refractivity (Wildman–Crippen MR) is 70.3 cm³/mol. The average molecular weight is 280 g/mol. The predicted octanol–water partition coefficient (Wildman–Crippen LogP) is 0.806. The molecule has 1 N–H and O–H groups in total. The highest BCUT2D eigenvalue weighted by molar-refractivity contribution is 6.60. The van der Waals surface area contributed by atoms with Crippen molar-refractivity contribution in [1.82, 2.24) is 0 Å². The highest BCUT2D eigenvalue weighted by atomic mass is 28.4. The number of carboxylic acid groups (broad SMARTS) is 1. The molecule has 0 radical (unpaired) electrons. The quantitative estimate of drug-likeness (QED) is 0.474. The monoisotopic (exact) mass is 280 g/mol. The second-order valence-electron chi connectivity index (χ2n) is 4.93. The Bertz CT molecular complexity index is 248. The summed E-state index contributed by atoms with van der Waals surface area (Å²) in [7, 11) is 6.43. The third-order valence-corrected chi connectivity index (χ3v) is 5.81. The third-order valence-electron chi connectivity index (χ3n) is 3.11. The van der Waals surface area contributed by atoms with Crippen LogP contribution in [0.3, 0.4) is 0 Å². The average Bonchev–Trinajstić information content (AvgIpc) is 2.31. The van der Waals surface area contributed by atoms with Crippen LogP contribution in [0.4, 0.5) is 0 Å². The van der Waals surface area contributed by atoms with Gasteiger partial charge >= 0.3 is 14.8 Å². The molecule has 0 amide bonds. The fraction of sp³-hybridized carbons (Fsp3) is 0.909. The Hall–Kier alpha value is -0.473. The minimum absolute atomic E-state index is 0.211. The molecule has 0 fully saturated rings. The number of nitrogens with zero attached hydrogens (tertiary/aromatic N) is 1. The molecular weight excluding hydrogens is 254 g/mol. The van der Waals surface area contributed by atoms with Gasteiger partial charge in [-0.05, 0) is 0 Å². The van der Waals surface area contributed by atoms with Crippen molar-refractivity contribution in [3.8, 4) is 0 Å². The van der Waals surface area contributed by atoms with Crippen LogP contribution in [-0.4, -0.2) is 72.9 Å². The first-order chi connectivity index (χ1) is 8.31. The number of aliphatic carboxylic acids is 1. The molecule has 0 heterocycles. The standard InChI is InChI=1S/C11H25NO5Si/c1-12(2,8-6-7-11(13)14)9-10-18(15-3,16-4)17-5/h6-10H2,1-5H3/p+1. The van der Waals surface area contributed by atoms with E-state index in [0.717, 1.165) is 23.6 Å². The van der Waals surface area contributed by atoms with Gasteiger partial charge in [-0.1, -0.05) is 0 Å². The lowest BCUT2D eigenvalue weighted by Crippen LogP contribution is -2.49. The Morgan fingerprint density at radius 2 is 1.61 bits per heavy atom. The van der Waals surface area contributed by atoms with E-state index in [1.54, 1.807) is 21.3 Å². The zero-order valence-corrected chi connectivity index (χ0v) is 13.1. The summed E-state index contributed by atoms with van der Waals surface area (Å²) in [5.74, 6) is -0.746. The maximum Gasteiger partial charge on any atom is 0.505 e. The molecule has 0 spiro atoms. The molecule has 108 valence electrons.